The van der Waals surface area contributed by atoms with E-state index in [1.807, 2.05) is 0 Å². The molecule has 0 saturated carbocycles. The molecule has 0 fully saturated rings. The number of rotatable bonds is 7. The Morgan fingerprint density at radius 2 is 1.83 bits per heavy atom. The summed E-state index contributed by atoms with van der Waals surface area (Å²) in [5.74, 6) is 0.823. The molecule has 0 amide bonds. The molecule has 150 valence electrons. The van der Waals surface area contributed by atoms with Crippen molar-refractivity contribution in [2.45, 2.75) is 13.5 Å². The summed E-state index contributed by atoms with van der Waals surface area (Å²) in [6.45, 7) is 1.77. The first-order valence-corrected chi connectivity index (χ1v) is 8.79. The Kier molecular flexibility index (Phi) is 6.29. The van der Waals surface area contributed by atoms with E-state index in [-0.39, 0.29) is 12.4 Å². The van der Waals surface area contributed by atoms with E-state index in [1.165, 1.54) is 18.2 Å². The van der Waals surface area contributed by atoms with E-state index in [0.29, 0.717) is 28.5 Å². The third-order valence-electron chi connectivity index (χ3n) is 4.30. The number of carbonyl (C=O) groups is 1. The SMILES string of the molecule is COc1ccc(/C=C/C(=O)OCc2noc(-c3ccc(F)cc3)c2C)cc1OC. The third kappa shape index (κ3) is 4.82. The molecule has 0 bridgehead atoms. The van der Waals surface area contributed by atoms with Crippen LogP contribution in [0.4, 0.5) is 4.39 Å². The molecular formula is C22H20FNO5. The van der Waals surface area contributed by atoms with Gasteiger partial charge in [-0.3, -0.25) is 0 Å². The Morgan fingerprint density at radius 1 is 1.10 bits per heavy atom. The van der Waals surface area contributed by atoms with E-state index in [1.54, 1.807) is 57.6 Å². The number of aromatic nitrogens is 1. The summed E-state index contributed by atoms with van der Waals surface area (Å²) in [6.07, 6.45) is 2.93. The quantitative estimate of drug-likeness (QED) is 0.430. The maximum Gasteiger partial charge on any atom is 0.331 e. The van der Waals surface area contributed by atoms with Gasteiger partial charge >= 0.3 is 5.97 Å². The summed E-state index contributed by atoms with van der Waals surface area (Å²) in [7, 11) is 3.10. The second-order valence-corrected chi connectivity index (χ2v) is 6.15. The van der Waals surface area contributed by atoms with Crippen molar-refractivity contribution in [3.63, 3.8) is 0 Å². The molecule has 0 aliphatic heterocycles. The van der Waals surface area contributed by atoms with E-state index in [4.69, 9.17) is 18.7 Å². The highest BCUT2D eigenvalue weighted by atomic mass is 19.1. The van der Waals surface area contributed by atoms with Crippen LogP contribution >= 0.6 is 0 Å². The summed E-state index contributed by atoms with van der Waals surface area (Å²) in [4.78, 5) is 12.0. The summed E-state index contributed by atoms with van der Waals surface area (Å²) in [6, 6.07) is 11.2. The van der Waals surface area contributed by atoms with Crippen LogP contribution in [0.2, 0.25) is 0 Å². The van der Waals surface area contributed by atoms with Crippen molar-refractivity contribution >= 4 is 12.0 Å². The second-order valence-electron chi connectivity index (χ2n) is 6.15. The number of carbonyl (C=O) groups excluding carboxylic acids is 1. The molecule has 0 unspecified atom stereocenters. The van der Waals surface area contributed by atoms with Gasteiger partial charge < -0.3 is 18.7 Å². The lowest BCUT2D eigenvalue weighted by molar-refractivity contribution is -0.139. The Bertz CT molecular complexity index is 1020. The number of hydrogen-bond donors (Lipinski definition) is 0. The van der Waals surface area contributed by atoms with Gasteiger partial charge in [-0.15, -0.1) is 0 Å². The predicted octanol–water partition coefficient (Wildman–Crippen LogP) is 4.56. The molecule has 6 nitrogen and oxygen atoms in total. The van der Waals surface area contributed by atoms with Crippen LogP contribution in [-0.4, -0.2) is 25.3 Å². The van der Waals surface area contributed by atoms with E-state index in [9.17, 15) is 9.18 Å². The van der Waals surface area contributed by atoms with Crippen LogP contribution in [-0.2, 0) is 16.1 Å². The predicted molar refractivity (Wildman–Crippen MR) is 105 cm³/mol. The lowest BCUT2D eigenvalue weighted by Crippen LogP contribution is -2.02. The molecule has 7 heteroatoms. The van der Waals surface area contributed by atoms with Crippen molar-refractivity contribution in [2.24, 2.45) is 0 Å². The van der Waals surface area contributed by atoms with E-state index in [2.05, 4.69) is 5.16 Å². The molecule has 29 heavy (non-hydrogen) atoms. The average molecular weight is 397 g/mol. The van der Waals surface area contributed by atoms with E-state index >= 15 is 0 Å². The van der Waals surface area contributed by atoms with Crippen molar-refractivity contribution in [3.05, 3.63) is 71.2 Å². The number of benzene rings is 2. The van der Waals surface area contributed by atoms with Crippen LogP contribution in [0, 0.1) is 12.7 Å². The maximum atomic E-state index is 13.1. The minimum Gasteiger partial charge on any atom is -0.493 e. The van der Waals surface area contributed by atoms with Gasteiger partial charge in [0.15, 0.2) is 17.3 Å². The molecule has 0 N–H and O–H groups in total. The molecule has 0 atom stereocenters. The van der Waals surface area contributed by atoms with Crippen LogP contribution in [0.15, 0.2) is 53.1 Å². The molecule has 0 saturated heterocycles. The number of ether oxygens (including phenoxy) is 3. The molecule has 0 aliphatic rings. The van der Waals surface area contributed by atoms with Crippen LogP contribution in [0.5, 0.6) is 11.5 Å². The minimum absolute atomic E-state index is 0.0361. The molecule has 3 aromatic rings. The van der Waals surface area contributed by atoms with Crippen molar-refractivity contribution in [2.75, 3.05) is 14.2 Å². The molecule has 1 heterocycles. The van der Waals surface area contributed by atoms with Crippen molar-refractivity contribution in [1.29, 1.82) is 0 Å². The van der Waals surface area contributed by atoms with Crippen LogP contribution in [0.25, 0.3) is 17.4 Å². The Balaban J connectivity index is 1.62. The standard InChI is InChI=1S/C22H20FNO5/c1-14-18(24-29-22(14)16-6-8-17(23)9-7-16)13-28-21(25)11-5-15-4-10-19(26-2)20(12-15)27-3/h4-12H,13H2,1-3H3/b11-5+. The summed E-state index contributed by atoms with van der Waals surface area (Å²) in [5.41, 5.74) is 2.68. The number of esters is 1. The van der Waals surface area contributed by atoms with Gasteiger partial charge in [-0.25, -0.2) is 9.18 Å². The first-order chi connectivity index (χ1) is 14.0. The van der Waals surface area contributed by atoms with Gasteiger partial charge in [0.05, 0.1) is 14.2 Å². The lowest BCUT2D eigenvalue weighted by Gasteiger charge is -2.07. The Labute approximate surface area is 167 Å². The maximum absolute atomic E-state index is 13.1. The lowest BCUT2D eigenvalue weighted by atomic mass is 10.1. The highest BCUT2D eigenvalue weighted by molar-refractivity contribution is 5.87. The zero-order chi connectivity index (χ0) is 20.8. The van der Waals surface area contributed by atoms with Gasteiger partial charge in [0, 0.05) is 17.2 Å². The largest absolute Gasteiger partial charge is 0.493 e. The van der Waals surface area contributed by atoms with Crippen LogP contribution < -0.4 is 9.47 Å². The van der Waals surface area contributed by atoms with Crippen molar-refractivity contribution < 1.29 is 27.9 Å². The fraction of sp³-hybridized carbons (Fsp3) is 0.182. The van der Waals surface area contributed by atoms with Crippen molar-refractivity contribution in [1.82, 2.24) is 5.16 Å². The summed E-state index contributed by atoms with van der Waals surface area (Å²) < 4.78 is 34.0. The number of nitrogens with zero attached hydrogens (tertiary/aromatic N) is 1. The molecule has 0 aliphatic carbocycles. The zero-order valence-corrected chi connectivity index (χ0v) is 16.3. The zero-order valence-electron chi connectivity index (χ0n) is 16.3. The van der Waals surface area contributed by atoms with E-state index < -0.39 is 5.97 Å². The first kappa shape index (κ1) is 20.1. The number of halogens is 1. The summed E-state index contributed by atoms with van der Waals surface area (Å²) >= 11 is 0. The average Bonchev–Trinajstić information content (AvgIpc) is 3.11. The van der Waals surface area contributed by atoms with E-state index in [0.717, 1.165) is 11.1 Å². The minimum atomic E-state index is -0.523. The van der Waals surface area contributed by atoms with Crippen LogP contribution in [0.3, 0.4) is 0 Å². The highest BCUT2D eigenvalue weighted by Crippen LogP contribution is 2.28. The van der Waals surface area contributed by atoms with Gasteiger partial charge in [0.1, 0.15) is 18.1 Å². The molecule has 1 aromatic heterocycles. The fourth-order valence-corrected chi connectivity index (χ4v) is 2.68. The van der Waals surface area contributed by atoms with Gasteiger partial charge in [0.25, 0.3) is 0 Å². The number of hydrogen-bond acceptors (Lipinski definition) is 6. The Morgan fingerprint density at radius 3 is 2.52 bits per heavy atom. The van der Waals surface area contributed by atoms with Gasteiger partial charge in [-0.1, -0.05) is 11.2 Å². The Hall–Kier alpha value is -3.61. The van der Waals surface area contributed by atoms with Gasteiger partial charge in [-0.05, 0) is 55.0 Å². The second kappa shape index (κ2) is 9.05. The van der Waals surface area contributed by atoms with Gasteiger partial charge in [0.2, 0.25) is 0 Å². The molecular weight excluding hydrogens is 377 g/mol. The van der Waals surface area contributed by atoms with Gasteiger partial charge in [-0.2, -0.15) is 0 Å². The van der Waals surface area contributed by atoms with Crippen molar-refractivity contribution in [3.8, 4) is 22.8 Å². The molecule has 0 radical (unpaired) electrons. The summed E-state index contributed by atoms with van der Waals surface area (Å²) in [5, 5.41) is 3.95. The number of methoxy groups -OCH3 is 2. The topological polar surface area (TPSA) is 70.8 Å². The molecule has 3 rings (SSSR count). The normalized spacial score (nSPS) is 10.9. The van der Waals surface area contributed by atoms with Crippen LogP contribution in [0.1, 0.15) is 16.8 Å². The fourth-order valence-electron chi connectivity index (χ4n) is 2.68. The smallest absolute Gasteiger partial charge is 0.331 e. The molecule has 0 spiro atoms. The molecule has 2 aromatic carbocycles. The first-order valence-electron chi connectivity index (χ1n) is 8.79. The highest BCUT2D eigenvalue weighted by Gasteiger charge is 2.15. The monoisotopic (exact) mass is 397 g/mol. The third-order valence-corrected chi connectivity index (χ3v) is 4.30.